The van der Waals surface area contributed by atoms with E-state index in [-0.39, 0.29) is 11.1 Å². The van der Waals surface area contributed by atoms with Gasteiger partial charge in [-0.1, -0.05) is 23.7 Å². The van der Waals surface area contributed by atoms with Gasteiger partial charge in [0.15, 0.2) is 11.6 Å². The van der Waals surface area contributed by atoms with Gasteiger partial charge in [0.2, 0.25) is 5.91 Å². The first kappa shape index (κ1) is 17.8. The monoisotopic (exact) mass is 370 g/mol. The van der Waals surface area contributed by atoms with Crippen molar-refractivity contribution in [3.63, 3.8) is 0 Å². The molecule has 0 bridgehead atoms. The molecule has 0 saturated carbocycles. The van der Waals surface area contributed by atoms with Crippen LogP contribution >= 0.6 is 11.6 Å². The Morgan fingerprint density at radius 2 is 1.54 bits per heavy atom. The summed E-state index contributed by atoms with van der Waals surface area (Å²) >= 11 is 5.91. The highest BCUT2D eigenvalue weighted by atomic mass is 35.5. The van der Waals surface area contributed by atoms with Gasteiger partial charge in [0.05, 0.1) is 5.57 Å². The van der Waals surface area contributed by atoms with Crippen LogP contribution in [-0.4, -0.2) is 23.4 Å². The van der Waals surface area contributed by atoms with Crippen molar-refractivity contribution in [3.8, 4) is 0 Å². The number of halogens is 1. The summed E-state index contributed by atoms with van der Waals surface area (Å²) in [6.45, 7) is 3.17. The molecule has 1 aromatic carbocycles. The zero-order valence-electron chi connectivity index (χ0n) is 14.1. The molecule has 2 N–H and O–H groups in total. The number of hydrogen-bond donors (Lipinski definition) is 2. The lowest BCUT2D eigenvalue weighted by atomic mass is 9.81. The standard InChI is InChI=1S/C19H15ClN2O4/c1-9-7-13(23)16(18(25)21-9)15(11-3-5-12(20)6-4-11)17-14(24)8-10(2)22-19(17)26/h3-8,16H,1-2H3,(H,21,25)(H,22,26)/b17-15+. The Morgan fingerprint density at radius 3 is 2.12 bits per heavy atom. The number of hydrogen-bond acceptors (Lipinski definition) is 4. The molecule has 0 fully saturated rings. The maximum Gasteiger partial charge on any atom is 0.259 e. The fourth-order valence-corrected chi connectivity index (χ4v) is 3.13. The number of carbonyl (C=O) groups excluding carboxylic acids is 4. The van der Waals surface area contributed by atoms with Gasteiger partial charge in [0.1, 0.15) is 5.92 Å². The van der Waals surface area contributed by atoms with E-state index in [1.807, 2.05) is 0 Å². The lowest BCUT2D eigenvalue weighted by Gasteiger charge is -2.25. The SMILES string of the molecule is CC1=CC(=O)/C(=C(/c2ccc(Cl)cc2)C2C(=O)C=C(C)NC2=O)C(=O)N1. The van der Waals surface area contributed by atoms with Gasteiger partial charge in [0.25, 0.3) is 5.91 Å². The number of carbonyl (C=O) groups is 4. The van der Waals surface area contributed by atoms with Crippen molar-refractivity contribution in [2.75, 3.05) is 0 Å². The van der Waals surface area contributed by atoms with E-state index >= 15 is 0 Å². The smallest absolute Gasteiger partial charge is 0.259 e. The summed E-state index contributed by atoms with van der Waals surface area (Å²) in [5.74, 6) is -3.57. The van der Waals surface area contributed by atoms with Crippen molar-refractivity contribution in [1.29, 1.82) is 0 Å². The van der Waals surface area contributed by atoms with Crippen LogP contribution in [0.25, 0.3) is 5.57 Å². The van der Waals surface area contributed by atoms with Crippen molar-refractivity contribution in [2.24, 2.45) is 5.92 Å². The molecule has 0 spiro atoms. The van der Waals surface area contributed by atoms with Crippen LogP contribution in [-0.2, 0) is 19.2 Å². The normalized spacial score (nSPS) is 22.3. The third-order valence-corrected chi connectivity index (χ3v) is 4.32. The van der Waals surface area contributed by atoms with Gasteiger partial charge >= 0.3 is 0 Å². The Balaban J connectivity index is 2.28. The van der Waals surface area contributed by atoms with Gasteiger partial charge in [-0.15, -0.1) is 0 Å². The van der Waals surface area contributed by atoms with E-state index in [9.17, 15) is 19.2 Å². The van der Waals surface area contributed by atoms with Crippen LogP contribution in [0.4, 0.5) is 0 Å². The predicted molar refractivity (Wildman–Crippen MR) is 95.7 cm³/mol. The molecule has 1 unspecified atom stereocenters. The molecular formula is C19H15ClN2O4. The third kappa shape index (κ3) is 3.23. The van der Waals surface area contributed by atoms with E-state index in [2.05, 4.69) is 10.6 Å². The van der Waals surface area contributed by atoms with Crippen molar-refractivity contribution < 1.29 is 19.2 Å². The van der Waals surface area contributed by atoms with Crippen LogP contribution in [0.2, 0.25) is 5.02 Å². The van der Waals surface area contributed by atoms with Crippen molar-refractivity contribution in [1.82, 2.24) is 10.6 Å². The quantitative estimate of drug-likeness (QED) is 0.472. The molecule has 3 rings (SSSR count). The molecule has 2 amide bonds. The fourth-order valence-electron chi connectivity index (χ4n) is 3.00. The van der Waals surface area contributed by atoms with E-state index in [0.29, 0.717) is 22.0 Å². The van der Waals surface area contributed by atoms with Gasteiger partial charge in [-0.05, 0) is 37.1 Å². The second-order valence-electron chi connectivity index (χ2n) is 6.09. The Bertz CT molecular complexity index is 939. The molecular weight excluding hydrogens is 356 g/mol. The minimum atomic E-state index is -1.30. The molecule has 2 aliphatic rings. The Morgan fingerprint density at radius 1 is 0.923 bits per heavy atom. The summed E-state index contributed by atoms with van der Waals surface area (Å²) in [7, 11) is 0. The zero-order chi connectivity index (χ0) is 19.0. The summed E-state index contributed by atoms with van der Waals surface area (Å²) in [5.41, 5.74) is 1.06. The molecule has 1 aromatic rings. The Kier molecular flexibility index (Phi) is 4.61. The number of ketones is 2. The Labute approximate surface area is 154 Å². The average molecular weight is 371 g/mol. The molecule has 0 saturated heterocycles. The lowest BCUT2D eigenvalue weighted by molar-refractivity contribution is -0.129. The lowest BCUT2D eigenvalue weighted by Crippen LogP contribution is -2.41. The van der Waals surface area contributed by atoms with Crippen LogP contribution in [0.15, 0.2) is 53.4 Å². The Hall–Kier alpha value is -2.99. The molecule has 0 aliphatic carbocycles. The summed E-state index contributed by atoms with van der Waals surface area (Å²) in [5, 5.41) is 5.59. The van der Waals surface area contributed by atoms with Gasteiger partial charge in [0, 0.05) is 28.6 Å². The van der Waals surface area contributed by atoms with Crippen molar-refractivity contribution >= 4 is 40.6 Å². The molecule has 7 heteroatoms. The third-order valence-electron chi connectivity index (χ3n) is 4.07. The summed E-state index contributed by atoms with van der Waals surface area (Å²) < 4.78 is 0. The second kappa shape index (κ2) is 6.72. The molecule has 26 heavy (non-hydrogen) atoms. The number of rotatable bonds is 2. The topological polar surface area (TPSA) is 92.3 Å². The van der Waals surface area contributed by atoms with Gasteiger partial charge < -0.3 is 10.6 Å². The second-order valence-corrected chi connectivity index (χ2v) is 6.53. The van der Waals surface area contributed by atoms with Crippen molar-refractivity contribution in [2.45, 2.75) is 13.8 Å². The van der Waals surface area contributed by atoms with E-state index < -0.39 is 29.3 Å². The number of nitrogens with one attached hydrogen (secondary N) is 2. The van der Waals surface area contributed by atoms with Gasteiger partial charge in [-0.3, -0.25) is 19.2 Å². The van der Waals surface area contributed by atoms with Gasteiger partial charge in [-0.2, -0.15) is 0 Å². The highest BCUT2D eigenvalue weighted by Gasteiger charge is 2.38. The van der Waals surface area contributed by atoms with Crippen LogP contribution in [0.3, 0.4) is 0 Å². The highest BCUT2D eigenvalue weighted by molar-refractivity contribution is 6.33. The first-order valence-corrected chi connectivity index (χ1v) is 8.23. The minimum Gasteiger partial charge on any atom is -0.329 e. The molecule has 6 nitrogen and oxygen atoms in total. The van der Waals surface area contributed by atoms with E-state index in [4.69, 9.17) is 11.6 Å². The number of benzene rings is 1. The van der Waals surface area contributed by atoms with E-state index in [1.165, 1.54) is 12.2 Å². The molecule has 0 aromatic heterocycles. The average Bonchev–Trinajstić information content (AvgIpc) is 2.52. The maximum atomic E-state index is 12.6. The van der Waals surface area contributed by atoms with Crippen LogP contribution in [0.5, 0.6) is 0 Å². The fraction of sp³-hybridized carbons (Fsp3) is 0.158. The summed E-state index contributed by atoms with van der Waals surface area (Å²) in [6, 6.07) is 6.27. The van der Waals surface area contributed by atoms with Crippen molar-refractivity contribution in [3.05, 3.63) is 64.0 Å². The first-order chi connectivity index (χ1) is 12.3. The van der Waals surface area contributed by atoms with Crippen LogP contribution in [0.1, 0.15) is 19.4 Å². The van der Waals surface area contributed by atoms with Crippen LogP contribution < -0.4 is 10.6 Å². The first-order valence-electron chi connectivity index (χ1n) is 7.85. The molecule has 2 aliphatic heterocycles. The summed E-state index contributed by atoms with van der Waals surface area (Å²) in [4.78, 5) is 50.1. The highest BCUT2D eigenvalue weighted by Crippen LogP contribution is 2.33. The number of allylic oxidation sites excluding steroid dienone is 4. The van der Waals surface area contributed by atoms with E-state index in [1.54, 1.807) is 38.1 Å². The zero-order valence-corrected chi connectivity index (χ0v) is 14.8. The molecule has 132 valence electrons. The van der Waals surface area contributed by atoms with Gasteiger partial charge in [-0.25, -0.2) is 0 Å². The molecule has 1 atom stereocenters. The minimum absolute atomic E-state index is 0.0687. The maximum absolute atomic E-state index is 12.6. The summed E-state index contributed by atoms with van der Waals surface area (Å²) in [6.07, 6.45) is 2.55. The van der Waals surface area contributed by atoms with Crippen LogP contribution in [0, 0.1) is 5.92 Å². The number of amides is 2. The molecule has 2 heterocycles. The predicted octanol–water partition coefficient (Wildman–Crippen LogP) is 1.92. The molecule has 0 radical (unpaired) electrons. The largest absolute Gasteiger partial charge is 0.329 e. The van der Waals surface area contributed by atoms with E-state index in [0.717, 1.165) is 0 Å².